The quantitative estimate of drug-likeness (QED) is 0.899. The van der Waals surface area contributed by atoms with Gasteiger partial charge in [-0.1, -0.05) is 30.7 Å². The maximum absolute atomic E-state index is 13.4. The van der Waals surface area contributed by atoms with Crippen LogP contribution in [0.1, 0.15) is 12.5 Å². The highest BCUT2D eigenvalue weighted by Gasteiger charge is 2.23. The molecule has 0 bridgehead atoms. The van der Waals surface area contributed by atoms with Crippen molar-refractivity contribution in [3.8, 4) is 0 Å². The Kier molecular flexibility index (Phi) is 5.58. The molecular weight excluding hydrogens is 267 g/mol. The number of hydrogen-bond acceptors (Lipinski definition) is 3. The molecule has 106 valence electrons. The van der Waals surface area contributed by atoms with Crippen LogP contribution in [0.15, 0.2) is 18.2 Å². The summed E-state index contributed by atoms with van der Waals surface area (Å²) in [6, 6.07) is 5.29. The molecule has 1 fully saturated rings. The van der Waals surface area contributed by atoms with Crippen LogP contribution in [0.5, 0.6) is 0 Å². The first-order valence-corrected chi connectivity index (χ1v) is 7.05. The van der Waals surface area contributed by atoms with Gasteiger partial charge in [0.25, 0.3) is 0 Å². The number of benzene rings is 1. The Balaban J connectivity index is 2.04. The van der Waals surface area contributed by atoms with E-state index < -0.39 is 0 Å². The number of likely N-dealkylation sites (N-methyl/N-ethyl adjacent to an activating group) is 1. The third kappa shape index (κ3) is 3.89. The van der Waals surface area contributed by atoms with E-state index in [1.807, 2.05) is 6.07 Å². The zero-order chi connectivity index (χ0) is 13.7. The Hall–Kier alpha value is -0.680. The van der Waals surface area contributed by atoms with Crippen LogP contribution >= 0.6 is 11.6 Å². The summed E-state index contributed by atoms with van der Waals surface area (Å²) < 4.78 is 19.0. The normalized spacial score (nSPS) is 20.7. The zero-order valence-corrected chi connectivity index (χ0v) is 11.9. The van der Waals surface area contributed by atoms with E-state index in [1.165, 1.54) is 6.07 Å². The van der Waals surface area contributed by atoms with E-state index in [4.69, 9.17) is 16.3 Å². The lowest BCUT2D eigenvalue weighted by Gasteiger charge is -2.35. The van der Waals surface area contributed by atoms with Crippen LogP contribution in [-0.2, 0) is 11.3 Å². The molecule has 1 aromatic rings. The Morgan fingerprint density at radius 1 is 1.53 bits per heavy atom. The van der Waals surface area contributed by atoms with Gasteiger partial charge in [-0.05, 0) is 18.2 Å². The van der Waals surface area contributed by atoms with Crippen molar-refractivity contribution in [2.45, 2.75) is 19.5 Å². The standard InChI is InChI=1S/C14H20ClFN2O/c1-2-17-8-12-10-19-7-6-18(12)9-11-4-3-5-13(16)14(11)15/h3-5,12,17H,2,6-10H2,1H3. The monoisotopic (exact) mass is 286 g/mol. The van der Waals surface area contributed by atoms with Crippen LogP contribution in [0.3, 0.4) is 0 Å². The van der Waals surface area contributed by atoms with Crippen molar-refractivity contribution in [2.24, 2.45) is 0 Å². The zero-order valence-electron chi connectivity index (χ0n) is 11.2. The first-order chi connectivity index (χ1) is 9.22. The summed E-state index contributed by atoms with van der Waals surface area (Å²) in [6.07, 6.45) is 0. The number of nitrogens with zero attached hydrogens (tertiary/aromatic N) is 1. The highest BCUT2D eigenvalue weighted by atomic mass is 35.5. The van der Waals surface area contributed by atoms with E-state index in [1.54, 1.807) is 6.07 Å². The van der Waals surface area contributed by atoms with Crippen molar-refractivity contribution in [2.75, 3.05) is 32.8 Å². The molecule has 1 heterocycles. The highest BCUT2D eigenvalue weighted by Crippen LogP contribution is 2.22. The number of morpholine rings is 1. The lowest BCUT2D eigenvalue weighted by molar-refractivity contribution is -0.0107. The van der Waals surface area contributed by atoms with Crippen LogP contribution in [0.4, 0.5) is 4.39 Å². The van der Waals surface area contributed by atoms with E-state index in [0.717, 1.165) is 31.8 Å². The van der Waals surface area contributed by atoms with Gasteiger partial charge >= 0.3 is 0 Å². The fourth-order valence-electron chi connectivity index (χ4n) is 2.29. The maximum Gasteiger partial charge on any atom is 0.142 e. The summed E-state index contributed by atoms with van der Waals surface area (Å²) >= 11 is 6.02. The first-order valence-electron chi connectivity index (χ1n) is 6.67. The minimum absolute atomic E-state index is 0.233. The molecule has 2 rings (SSSR count). The van der Waals surface area contributed by atoms with Crippen LogP contribution in [0.2, 0.25) is 5.02 Å². The average Bonchev–Trinajstić information content (AvgIpc) is 2.43. The minimum atomic E-state index is -0.351. The van der Waals surface area contributed by atoms with Crippen LogP contribution in [0.25, 0.3) is 0 Å². The van der Waals surface area contributed by atoms with Gasteiger partial charge in [0.05, 0.1) is 18.2 Å². The van der Waals surface area contributed by atoms with E-state index in [0.29, 0.717) is 19.2 Å². The number of rotatable bonds is 5. The van der Waals surface area contributed by atoms with Gasteiger partial charge in [-0.25, -0.2) is 4.39 Å². The Morgan fingerprint density at radius 2 is 2.37 bits per heavy atom. The Bertz CT molecular complexity index is 416. The molecule has 1 aromatic carbocycles. The van der Waals surface area contributed by atoms with Crippen molar-refractivity contribution in [1.29, 1.82) is 0 Å². The van der Waals surface area contributed by atoms with Crippen LogP contribution < -0.4 is 5.32 Å². The van der Waals surface area contributed by atoms with Gasteiger partial charge in [-0.15, -0.1) is 0 Å². The fourth-order valence-corrected chi connectivity index (χ4v) is 2.47. The lowest BCUT2D eigenvalue weighted by Crippen LogP contribution is -2.49. The van der Waals surface area contributed by atoms with Gasteiger partial charge < -0.3 is 10.1 Å². The average molecular weight is 287 g/mol. The topological polar surface area (TPSA) is 24.5 Å². The van der Waals surface area contributed by atoms with Crippen molar-refractivity contribution in [1.82, 2.24) is 10.2 Å². The van der Waals surface area contributed by atoms with E-state index in [2.05, 4.69) is 17.1 Å². The molecule has 1 aliphatic rings. The van der Waals surface area contributed by atoms with E-state index in [-0.39, 0.29) is 10.8 Å². The molecule has 0 aliphatic carbocycles. The molecular formula is C14H20ClFN2O. The van der Waals surface area contributed by atoms with Crippen molar-refractivity contribution in [3.63, 3.8) is 0 Å². The van der Waals surface area contributed by atoms with Crippen molar-refractivity contribution >= 4 is 11.6 Å². The number of nitrogens with one attached hydrogen (secondary N) is 1. The van der Waals surface area contributed by atoms with Crippen LogP contribution in [0, 0.1) is 5.82 Å². The van der Waals surface area contributed by atoms with E-state index >= 15 is 0 Å². The second-order valence-corrected chi connectivity index (χ2v) is 5.10. The second kappa shape index (κ2) is 7.20. The predicted molar refractivity (Wildman–Crippen MR) is 75.0 cm³/mol. The summed E-state index contributed by atoms with van der Waals surface area (Å²) in [5.41, 5.74) is 0.838. The smallest absolute Gasteiger partial charge is 0.142 e. The van der Waals surface area contributed by atoms with Crippen molar-refractivity contribution in [3.05, 3.63) is 34.6 Å². The van der Waals surface area contributed by atoms with Gasteiger partial charge in [-0.2, -0.15) is 0 Å². The summed E-state index contributed by atoms with van der Waals surface area (Å²) in [7, 11) is 0. The molecule has 1 saturated heterocycles. The van der Waals surface area contributed by atoms with Crippen molar-refractivity contribution < 1.29 is 9.13 Å². The SMILES string of the molecule is CCNCC1COCCN1Cc1cccc(F)c1Cl. The Labute approximate surface area is 118 Å². The summed E-state index contributed by atoms with van der Waals surface area (Å²) in [5.74, 6) is -0.351. The number of ether oxygens (including phenoxy) is 1. The molecule has 1 atom stereocenters. The molecule has 0 radical (unpaired) electrons. The summed E-state index contributed by atoms with van der Waals surface area (Å²) in [4.78, 5) is 2.30. The second-order valence-electron chi connectivity index (χ2n) is 4.72. The van der Waals surface area contributed by atoms with Gasteiger partial charge in [-0.3, -0.25) is 4.90 Å². The van der Waals surface area contributed by atoms with Gasteiger partial charge in [0.15, 0.2) is 0 Å². The molecule has 0 amide bonds. The van der Waals surface area contributed by atoms with Crippen LogP contribution in [-0.4, -0.2) is 43.8 Å². The third-order valence-corrected chi connectivity index (χ3v) is 3.81. The van der Waals surface area contributed by atoms with Gasteiger partial charge in [0.1, 0.15) is 5.82 Å². The van der Waals surface area contributed by atoms with Gasteiger partial charge in [0.2, 0.25) is 0 Å². The molecule has 3 nitrogen and oxygen atoms in total. The first kappa shape index (κ1) is 14.7. The molecule has 0 saturated carbocycles. The molecule has 0 aromatic heterocycles. The maximum atomic E-state index is 13.4. The lowest BCUT2D eigenvalue weighted by atomic mass is 10.1. The number of halogens is 2. The molecule has 5 heteroatoms. The molecule has 1 N–H and O–H groups in total. The molecule has 19 heavy (non-hydrogen) atoms. The highest BCUT2D eigenvalue weighted by molar-refractivity contribution is 6.31. The predicted octanol–water partition coefficient (Wildman–Crippen LogP) is 2.29. The summed E-state index contributed by atoms with van der Waals surface area (Å²) in [5, 5.41) is 3.56. The van der Waals surface area contributed by atoms with E-state index in [9.17, 15) is 4.39 Å². The number of hydrogen-bond donors (Lipinski definition) is 1. The molecule has 0 spiro atoms. The summed E-state index contributed by atoms with van der Waals surface area (Å²) in [6.45, 7) is 6.83. The fraction of sp³-hybridized carbons (Fsp3) is 0.571. The largest absolute Gasteiger partial charge is 0.378 e. The Morgan fingerprint density at radius 3 is 3.16 bits per heavy atom. The van der Waals surface area contributed by atoms with Gasteiger partial charge in [0, 0.05) is 25.7 Å². The minimum Gasteiger partial charge on any atom is -0.378 e. The molecule has 1 unspecified atom stereocenters. The third-order valence-electron chi connectivity index (χ3n) is 3.38. The molecule has 1 aliphatic heterocycles.